The minimum Gasteiger partial charge on any atom is -0.329 e. The Bertz CT molecular complexity index is 495. The van der Waals surface area contributed by atoms with E-state index < -0.39 is 15.6 Å². The van der Waals surface area contributed by atoms with Crippen LogP contribution in [0.1, 0.15) is 19.4 Å². The molecule has 0 radical (unpaired) electrons. The molecule has 1 aromatic rings. The number of likely N-dealkylation sites (N-methyl/N-ethyl adjacent to an activating group) is 1. The van der Waals surface area contributed by atoms with Gasteiger partial charge >= 0.3 is 0 Å². The van der Waals surface area contributed by atoms with Crippen molar-refractivity contribution in [3.63, 3.8) is 0 Å². The van der Waals surface area contributed by atoms with Crippen molar-refractivity contribution in [3.8, 4) is 0 Å². The number of nitrogens with two attached hydrogens (primary N) is 1. The monoisotopic (exact) mass is 256 g/mol. The summed E-state index contributed by atoms with van der Waals surface area (Å²) in [7, 11) is -1.92. The summed E-state index contributed by atoms with van der Waals surface area (Å²) in [6.45, 7) is 5.68. The lowest BCUT2D eigenvalue weighted by Crippen LogP contribution is -2.49. The number of hydrogen-bond donors (Lipinski definition) is 1. The Morgan fingerprint density at radius 2 is 1.82 bits per heavy atom. The molecule has 0 amide bonds. The first kappa shape index (κ1) is 14.2. The molecule has 0 saturated carbocycles. The third-order valence-corrected chi connectivity index (χ3v) is 5.31. The normalized spacial score (nSPS) is 13.1. The van der Waals surface area contributed by atoms with Crippen LogP contribution in [0.2, 0.25) is 0 Å². The predicted molar refractivity (Wildman–Crippen MR) is 69.3 cm³/mol. The van der Waals surface area contributed by atoms with Crippen LogP contribution in [0.15, 0.2) is 29.2 Å². The molecule has 0 fully saturated rings. The molecule has 0 aliphatic carbocycles. The van der Waals surface area contributed by atoms with Gasteiger partial charge in [0.05, 0.1) is 4.90 Å². The molecule has 0 spiro atoms. The predicted octanol–water partition coefficient (Wildman–Crippen LogP) is 1.35. The molecule has 5 heteroatoms. The molecule has 96 valence electrons. The van der Waals surface area contributed by atoms with Crippen LogP contribution < -0.4 is 5.73 Å². The van der Waals surface area contributed by atoms with Crippen LogP contribution in [-0.2, 0) is 10.0 Å². The summed E-state index contributed by atoms with van der Waals surface area (Å²) in [4.78, 5) is 0.337. The Kier molecular flexibility index (Phi) is 3.96. The van der Waals surface area contributed by atoms with Gasteiger partial charge in [-0.2, -0.15) is 4.31 Å². The molecule has 0 aliphatic heterocycles. The van der Waals surface area contributed by atoms with Crippen LogP contribution in [0.3, 0.4) is 0 Å². The molecule has 2 N–H and O–H groups in total. The van der Waals surface area contributed by atoms with Crippen molar-refractivity contribution in [2.45, 2.75) is 31.2 Å². The minimum atomic E-state index is -3.49. The van der Waals surface area contributed by atoms with Gasteiger partial charge in [0, 0.05) is 19.1 Å². The third-order valence-electron chi connectivity index (χ3n) is 3.08. The first-order valence-corrected chi connectivity index (χ1v) is 6.92. The second-order valence-electron chi connectivity index (χ2n) is 4.75. The third kappa shape index (κ3) is 2.68. The minimum absolute atomic E-state index is 0.272. The zero-order chi connectivity index (χ0) is 13.3. The number of nitrogens with zero attached hydrogens (tertiary/aromatic N) is 1. The zero-order valence-corrected chi connectivity index (χ0v) is 11.6. The van der Waals surface area contributed by atoms with Gasteiger partial charge in [0.1, 0.15) is 0 Å². The molecule has 0 saturated heterocycles. The molecular weight excluding hydrogens is 236 g/mol. The zero-order valence-electron chi connectivity index (χ0n) is 10.8. The van der Waals surface area contributed by atoms with Gasteiger partial charge in [-0.3, -0.25) is 0 Å². The highest BCUT2D eigenvalue weighted by Gasteiger charge is 2.33. The van der Waals surface area contributed by atoms with Gasteiger partial charge in [-0.1, -0.05) is 18.2 Å². The van der Waals surface area contributed by atoms with Gasteiger partial charge in [0.25, 0.3) is 0 Å². The fraction of sp³-hybridized carbons (Fsp3) is 0.500. The van der Waals surface area contributed by atoms with Gasteiger partial charge in [-0.05, 0) is 32.4 Å². The molecule has 4 nitrogen and oxygen atoms in total. The molecule has 0 atom stereocenters. The summed E-state index contributed by atoms with van der Waals surface area (Å²) in [5, 5.41) is 0. The molecule has 1 aromatic carbocycles. The Hall–Kier alpha value is -0.910. The van der Waals surface area contributed by atoms with Gasteiger partial charge in [0.15, 0.2) is 0 Å². The molecule has 0 aromatic heterocycles. The van der Waals surface area contributed by atoms with E-state index in [0.717, 1.165) is 5.56 Å². The molecule has 0 bridgehead atoms. The first-order valence-electron chi connectivity index (χ1n) is 5.48. The van der Waals surface area contributed by atoms with E-state index in [1.807, 2.05) is 19.9 Å². The van der Waals surface area contributed by atoms with E-state index in [0.29, 0.717) is 4.90 Å². The Balaban J connectivity index is 3.26. The SMILES string of the molecule is Cc1ccccc1S(=O)(=O)N(C)C(C)(C)CN. The van der Waals surface area contributed by atoms with Crippen molar-refractivity contribution in [3.05, 3.63) is 29.8 Å². The van der Waals surface area contributed by atoms with E-state index >= 15 is 0 Å². The van der Waals surface area contributed by atoms with E-state index in [1.165, 1.54) is 4.31 Å². The number of hydrogen-bond acceptors (Lipinski definition) is 3. The van der Waals surface area contributed by atoms with Crippen molar-refractivity contribution in [2.75, 3.05) is 13.6 Å². The smallest absolute Gasteiger partial charge is 0.243 e. The number of rotatable bonds is 4. The summed E-state index contributed by atoms with van der Waals surface area (Å²) < 4.78 is 26.2. The number of sulfonamides is 1. The summed E-state index contributed by atoms with van der Waals surface area (Å²) in [5.74, 6) is 0. The summed E-state index contributed by atoms with van der Waals surface area (Å²) in [5.41, 5.74) is 5.76. The number of aryl methyl sites for hydroxylation is 1. The molecule has 0 heterocycles. The maximum Gasteiger partial charge on any atom is 0.243 e. The van der Waals surface area contributed by atoms with Crippen molar-refractivity contribution >= 4 is 10.0 Å². The summed E-state index contributed by atoms with van der Waals surface area (Å²) in [6.07, 6.45) is 0. The Morgan fingerprint density at radius 1 is 1.29 bits per heavy atom. The maximum atomic E-state index is 12.4. The average Bonchev–Trinajstić information content (AvgIpc) is 2.28. The molecule has 17 heavy (non-hydrogen) atoms. The molecule has 0 unspecified atom stereocenters. The Morgan fingerprint density at radius 3 is 2.29 bits per heavy atom. The first-order chi connectivity index (χ1) is 7.73. The van der Waals surface area contributed by atoms with Crippen LogP contribution in [0.5, 0.6) is 0 Å². The second kappa shape index (κ2) is 4.76. The number of benzene rings is 1. The van der Waals surface area contributed by atoms with E-state index in [-0.39, 0.29) is 6.54 Å². The highest BCUT2D eigenvalue weighted by atomic mass is 32.2. The lowest BCUT2D eigenvalue weighted by atomic mass is 10.1. The van der Waals surface area contributed by atoms with Crippen molar-refractivity contribution in [1.82, 2.24) is 4.31 Å². The van der Waals surface area contributed by atoms with E-state index in [4.69, 9.17) is 5.73 Å². The Labute approximate surface area is 103 Å². The lowest BCUT2D eigenvalue weighted by Gasteiger charge is -2.33. The van der Waals surface area contributed by atoms with E-state index in [2.05, 4.69) is 0 Å². The maximum absolute atomic E-state index is 12.4. The fourth-order valence-electron chi connectivity index (χ4n) is 1.45. The van der Waals surface area contributed by atoms with Gasteiger partial charge in [0.2, 0.25) is 10.0 Å². The van der Waals surface area contributed by atoms with Crippen LogP contribution >= 0.6 is 0 Å². The van der Waals surface area contributed by atoms with Gasteiger partial charge in [-0.25, -0.2) is 8.42 Å². The largest absolute Gasteiger partial charge is 0.329 e. The second-order valence-corrected chi connectivity index (χ2v) is 6.69. The van der Waals surface area contributed by atoms with E-state index in [9.17, 15) is 8.42 Å². The molecule has 0 aliphatic rings. The van der Waals surface area contributed by atoms with Gasteiger partial charge in [-0.15, -0.1) is 0 Å². The fourth-order valence-corrected chi connectivity index (χ4v) is 3.19. The van der Waals surface area contributed by atoms with Crippen LogP contribution in [-0.4, -0.2) is 31.9 Å². The molecule has 1 rings (SSSR count). The van der Waals surface area contributed by atoms with Crippen molar-refractivity contribution in [1.29, 1.82) is 0 Å². The standard InChI is InChI=1S/C12H20N2O2S/c1-10-7-5-6-8-11(10)17(15,16)14(4)12(2,3)9-13/h5-8H,9,13H2,1-4H3. The van der Waals surface area contributed by atoms with Crippen molar-refractivity contribution < 1.29 is 8.42 Å². The van der Waals surface area contributed by atoms with Crippen molar-refractivity contribution in [2.24, 2.45) is 5.73 Å². The summed E-state index contributed by atoms with van der Waals surface area (Å²) in [6, 6.07) is 6.95. The van der Waals surface area contributed by atoms with Crippen LogP contribution in [0.4, 0.5) is 0 Å². The van der Waals surface area contributed by atoms with Gasteiger partial charge < -0.3 is 5.73 Å². The van der Waals surface area contributed by atoms with Crippen LogP contribution in [0, 0.1) is 6.92 Å². The quantitative estimate of drug-likeness (QED) is 0.884. The topological polar surface area (TPSA) is 63.4 Å². The highest BCUT2D eigenvalue weighted by Crippen LogP contribution is 2.24. The lowest BCUT2D eigenvalue weighted by molar-refractivity contribution is 0.274. The summed E-state index contributed by atoms with van der Waals surface area (Å²) >= 11 is 0. The van der Waals surface area contributed by atoms with Crippen LogP contribution in [0.25, 0.3) is 0 Å². The average molecular weight is 256 g/mol. The molecular formula is C12H20N2O2S. The highest BCUT2D eigenvalue weighted by molar-refractivity contribution is 7.89. The van der Waals surface area contributed by atoms with E-state index in [1.54, 1.807) is 32.2 Å².